The molecule has 0 amide bonds. The maximum Gasteiger partial charge on any atom is 0.263 e. The number of hydrogen-bond donors (Lipinski definition) is 2. The number of sulfonamides is 1. The largest absolute Gasteiger partial charge is 0.384 e. The Morgan fingerprint density at radius 1 is 1.33 bits per heavy atom. The second kappa shape index (κ2) is 6.22. The lowest BCUT2D eigenvalue weighted by atomic mass is 10.1. The summed E-state index contributed by atoms with van der Waals surface area (Å²) < 4.78 is 26.9. The average Bonchev–Trinajstić information content (AvgIpc) is 2.82. The van der Waals surface area contributed by atoms with Crippen LogP contribution in [0.3, 0.4) is 0 Å². The summed E-state index contributed by atoms with van der Waals surface area (Å²) >= 11 is 1.17. The number of aliphatic hydroxyl groups is 1. The minimum Gasteiger partial charge on any atom is -0.384 e. The van der Waals surface area contributed by atoms with Crippen LogP contribution in [0.2, 0.25) is 0 Å². The van der Waals surface area contributed by atoms with E-state index in [4.69, 9.17) is 5.11 Å². The van der Waals surface area contributed by atoms with E-state index in [1.165, 1.54) is 23.5 Å². The summed E-state index contributed by atoms with van der Waals surface area (Å²) in [5.41, 5.74) is 1.39. The summed E-state index contributed by atoms with van der Waals surface area (Å²) in [5.74, 6) is 5.29. The molecule has 2 N–H and O–H groups in total. The highest BCUT2D eigenvalue weighted by atomic mass is 32.2. The maximum atomic E-state index is 12.2. The van der Waals surface area contributed by atoms with Crippen molar-refractivity contribution in [1.82, 2.24) is 10.2 Å². The Hall–Kier alpha value is -1.95. The van der Waals surface area contributed by atoms with E-state index in [0.717, 1.165) is 0 Å². The summed E-state index contributed by atoms with van der Waals surface area (Å²) in [6.45, 7) is 3.27. The van der Waals surface area contributed by atoms with Crippen molar-refractivity contribution in [3.8, 4) is 11.8 Å². The predicted molar refractivity (Wildman–Crippen MR) is 80.6 cm³/mol. The predicted octanol–water partition coefficient (Wildman–Crippen LogP) is 1.30. The van der Waals surface area contributed by atoms with Crippen molar-refractivity contribution in [3.63, 3.8) is 0 Å². The van der Waals surface area contributed by atoms with Crippen LogP contribution in [-0.2, 0) is 10.0 Å². The zero-order chi connectivity index (χ0) is 15.5. The lowest BCUT2D eigenvalue weighted by Gasteiger charge is -2.06. The van der Waals surface area contributed by atoms with Gasteiger partial charge < -0.3 is 5.11 Å². The minimum atomic E-state index is -3.70. The monoisotopic (exact) mass is 323 g/mol. The van der Waals surface area contributed by atoms with Gasteiger partial charge in [0.15, 0.2) is 0 Å². The molecule has 1 aromatic carbocycles. The molecule has 0 spiro atoms. The van der Waals surface area contributed by atoms with E-state index >= 15 is 0 Å². The minimum absolute atomic E-state index is 0.127. The first-order chi connectivity index (χ1) is 9.92. The van der Waals surface area contributed by atoms with Gasteiger partial charge in [0.05, 0.1) is 4.90 Å². The molecule has 0 saturated heterocycles. The SMILES string of the molecule is Cc1nnc(NS(=O)(=O)c2ccc(C#CCO)c(C)c2)s1. The van der Waals surface area contributed by atoms with Gasteiger partial charge in [-0.05, 0) is 37.6 Å². The van der Waals surface area contributed by atoms with Gasteiger partial charge in [0.1, 0.15) is 11.6 Å². The molecule has 0 aliphatic rings. The van der Waals surface area contributed by atoms with Gasteiger partial charge in [-0.3, -0.25) is 4.72 Å². The number of aryl methyl sites for hydroxylation is 2. The normalized spacial score (nSPS) is 10.8. The first-order valence-corrected chi connectivity index (χ1v) is 8.25. The highest BCUT2D eigenvalue weighted by molar-refractivity contribution is 7.93. The standard InChI is InChI=1S/C13H13N3O3S2/c1-9-8-12(6-5-11(9)4-3-7-17)21(18,19)16-13-15-14-10(2)20-13/h5-6,8,17H,7H2,1-2H3,(H,15,16). The Morgan fingerprint density at radius 3 is 2.67 bits per heavy atom. The lowest BCUT2D eigenvalue weighted by Crippen LogP contribution is -2.13. The number of anilines is 1. The summed E-state index contributed by atoms with van der Waals surface area (Å²) in [7, 11) is -3.70. The molecule has 1 heterocycles. The molecule has 0 fully saturated rings. The molecule has 2 rings (SSSR count). The van der Waals surface area contributed by atoms with E-state index in [-0.39, 0.29) is 16.6 Å². The number of nitrogens with one attached hydrogen (secondary N) is 1. The number of rotatable bonds is 3. The molecule has 21 heavy (non-hydrogen) atoms. The highest BCUT2D eigenvalue weighted by Gasteiger charge is 2.17. The van der Waals surface area contributed by atoms with Crippen LogP contribution >= 0.6 is 11.3 Å². The quantitative estimate of drug-likeness (QED) is 0.831. The van der Waals surface area contributed by atoms with Crippen LogP contribution in [0.4, 0.5) is 5.13 Å². The Morgan fingerprint density at radius 2 is 2.10 bits per heavy atom. The van der Waals surface area contributed by atoms with Crippen molar-refractivity contribution < 1.29 is 13.5 Å². The fourth-order valence-electron chi connectivity index (χ4n) is 1.59. The highest BCUT2D eigenvalue weighted by Crippen LogP contribution is 2.21. The van der Waals surface area contributed by atoms with Gasteiger partial charge in [-0.1, -0.05) is 23.2 Å². The van der Waals surface area contributed by atoms with Crippen molar-refractivity contribution >= 4 is 26.5 Å². The summed E-state index contributed by atoms with van der Waals surface area (Å²) in [6.07, 6.45) is 0. The van der Waals surface area contributed by atoms with Crippen LogP contribution in [0.1, 0.15) is 16.1 Å². The van der Waals surface area contributed by atoms with Gasteiger partial charge in [0.2, 0.25) is 5.13 Å². The van der Waals surface area contributed by atoms with Gasteiger partial charge in [0.25, 0.3) is 10.0 Å². The lowest BCUT2D eigenvalue weighted by molar-refractivity contribution is 0.350. The molecular formula is C13H13N3O3S2. The second-order valence-corrected chi connectivity index (χ2v) is 7.03. The van der Waals surface area contributed by atoms with Crippen LogP contribution < -0.4 is 4.72 Å². The third kappa shape index (κ3) is 3.78. The topological polar surface area (TPSA) is 92.2 Å². The van der Waals surface area contributed by atoms with Crippen LogP contribution in [0.25, 0.3) is 0 Å². The number of aliphatic hydroxyl groups excluding tert-OH is 1. The van der Waals surface area contributed by atoms with Crippen molar-refractivity contribution in [2.24, 2.45) is 0 Å². The number of hydrogen-bond acceptors (Lipinski definition) is 6. The first kappa shape index (κ1) is 15.4. The van der Waals surface area contributed by atoms with E-state index < -0.39 is 10.0 Å². The van der Waals surface area contributed by atoms with Crippen molar-refractivity contribution in [3.05, 3.63) is 34.3 Å². The molecular weight excluding hydrogens is 310 g/mol. The zero-order valence-corrected chi connectivity index (χ0v) is 13.0. The average molecular weight is 323 g/mol. The molecule has 110 valence electrons. The number of nitrogens with zero attached hydrogens (tertiary/aromatic N) is 2. The van der Waals surface area contributed by atoms with Crippen molar-refractivity contribution in [2.75, 3.05) is 11.3 Å². The molecule has 0 bridgehead atoms. The van der Waals surface area contributed by atoms with Crippen molar-refractivity contribution in [1.29, 1.82) is 0 Å². The molecule has 0 atom stereocenters. The molecule has 2 aromatic rings. The molecule has 0 aliphatic carbocycles. The smallest absolute Gasteiger partial charge is 0.263 e. The molecule has 8 heteroatoms. The van der Waals surface area contributed by atoms with Crippen LogP contribution in [0, 0.1) is 25.7 Å². The van der Waals surface area contributed by atoms with E-state index in [9.17, 15) is 8.42 Å². The van der Waals surface area contributed by atoms with Crippen LogP contribution in [0.5, 0.6) is 0 Å². The Bertz CT molecular complexity index is 817. The molecule has 0 aliphatic heterocycles. The van der Waals surface area contributed by atoms with Gasteiger partial charge in [-0.25, -0.2) is 8.42 Å². The zero-order valence-electron chi connectivity index (χ0n) is 11.4. The molecule has 1 aromatic heterocycles. The van der Waals surface area contributed by atoms with Gasteiger partial charge in [-0.15, -0.1) is 10.2 Å². The fraction of sp³-hybridized carbons (Fsp3) is 0.231. The first-order valence-electron chi connectivity index (χ1n) is 5.95. The Labute approximate surface area is 126 Å². The summed E-state index contributed by atoms with van der Waals surface area (Å²) in [6, 6.07) is 4.60. The Balaban J connectivity index is 2.30. The molecule has 0 radical (unpaired) electrons. The Kier molecular flexibility index (Phi) is 4.57. The van der Waals surface area contributed by atoms with E-state index in [1.807, 2.05) is 0 Å². The van der Waals surface area contributed by atoms with Crippen molar-refractivity contribution in [2.45, 2.75) is 18.7 Å². The van der Waals surface area contributed by atoms with E-state index in [1.54, 1.807) is 19.9 Å². The maximum absolute atomic E-state index is 12.2. The van der Waals surface area contributed by atoms with Gasteiger partial charge >= 0.3 is 0 Å². The number of aromatic nitrogens is 2. The molecule has 0 unspecified atom stereocenters. The van der Waals surface area contributed by atoms with Crippen LogP contribution in [0.15, 0.2) is 23.1 Å². The van der Waals surface area contributed by atoms with Gasteiger partial charge in [-0.2, -0.15) is 0 Å². The van der Waals surface area contributed by atoms with E-state index in [2.05, 4.69) is 26.8 Å². The second-order valence-electron chi connectivity index (χ2n) is 4.17. The number of benzene rings is 1. The fourth-order valence-corrected chi connectivity index (χ4v) is 3.50. The molecule has 0 saturated carbocycles. The third-order valence-electron chi connectivity index (χ3n) is 2.56. The summed E-state index contributed by atoms with van der Waals surface area (Å²) in [4.78, 5) is 0.127. The van der Waals surface area contributed by atoms with Crippen LogP contribution in [-0.4, -0.2) is 30.3 Å². The third-order valence-corrected chi connectivity index (χ3v) is 4.78. The van der Waals surface area contributed by atoms with Gasteiger partial charge in [0, 0.05) is 5.56 Å². The molecule has 6 nitrogen and oxygen atoms in total. The summed E-state index contributed by atoms with van der Waals surface area (Å²) in [5, 5.41) is 17.1. The van der Waals surface area contributed by atoms with E-state index in [0.29, 0.717) is 16.1 Å².